The van der Waals surface area contributed by atoms with E-state index >= 15 is 0 Å². The van der Waals surface area contributed by atoms with Crippen molar-refractivity contribution >= 4 is 17.7 Å². The molecular weight excluding hydrogens is 428 g/mol. The summed E-state index contributed by atoms with van der Waals surface area (Å²) in [6.07, 6.45) is 2.27. The molecule has 7 heteroatoms. The van der Waals surface area contributed by atoms with Gasteiger partial charge in [-0.05, 0) is 42.0 Å². The summed E-state index contributed by atoms with van der Waals surface area (Å²) >= 11 is 0. The van der Waals surface area contributed by atoms with Gasteiger partial charge in [0.05, 0.1) is 18.1 Å². The van der Waals surface area contributed by atoms with Gasteiger partial charge in [-0.2, -0.15) is 5.26 Å². The fraction of sp³-hybridized carbons (Fsp3) is 0.407. The molecule has 0 aliphatic carbocycles. The van der Waals surface area contributed by atoms with Crippen molar-refractivity contribution in [1.29, 1.82) is 5.26 Å². The maximum absolute atomic E-state index is 13.5. The summed E-state index contributed by atoms with van der Waals surface area (Å²) in [6.45, 7) is 4.75. The molecule has 34 heavy (non-hydrogen) atoms. The van der Waals surface area contributed by atoms with Gasteiger partial charge in [0.2, 0.25) is 17.7 Å². The van der Waals surface area contributed by atoms with Crippen LogP contribution < -0.4 is 10.6 Å². The van der Waals surface area contributed by atoms with Crippen molar-refractivity contribution in [3.63, 3.8) is 0 Å². The molecule has 1 aliphatic rings. The fourth-order valence-corrected chi connectivity index (χ4v) is 4.17. The molecule has 1 unspecified atom stereocenters. The molecule has 2 aromatic rings. The van der Waals surface area contributed by atoms with Gasteiger partial charge in [-0.1, -0.05) is 62.7 Å². The molecule has 3 rings (SSSR count). The van der Waals surface area contributed by atoms with E-state index in [1.54, 1.807) is 29.2 Å². The topological polar surface area (TPSA) is 102 Å². The van der Waals surface area contributed by atoms with Gasteiger partial charge in [0, 0.05) is 13.1 Å². The van der Waals surface area contributed by atoms with E-state index in [1.165, 1.54) is 0 Å². The van der Waals surface area contributed by atoms with E-state index < -0.39 is 12.1 Å². The Bertz CT molecular complexity index is 1030. The molecule has 1 fully saturated rings. The van der Waals surface area contributed by atoms with Crippen molar-refractivity contribution in [3.8, 4) is 6.07 Å². The average Bonchev–Trinajstić information content (AvgIpc) is 3.36. The van der Waals surface area contributed by atoms with Gasteiger partial charge >= 0.3 is 0 Å². The number of hydrogen-bond donors (Lipinski definition) is 2. The number of amides is 3. The SMILES string of the molecule is CCC(C)[C@H](NC(=O)Cc1ccccc1)C(=O)N1CCC[C@H]1C(=O)NCc1ccc(C#N)cc1. The highest BCUT2D eigenvalue weighted by atomic mass is 16.2. The van der Waals surface area contributed by atoms with Gasteiger partial charge in [-0.25, -0.2) is 0 Å². The smallest absolute Gasteiger partial charge is 0.246 e. The Morgan fingerprint density at radius 2 is 1.79 bits per heavy atom. The van der Waals surface area contributed by atoms with Gasteiger partial charge < -0.3 is 15.5 Å². The standard InChI is InChI=1S/C27H32N4O3/c1-3-19(2)25(30-24(32)16-20-8-5-4-6-9-20)27(34)31-15-7-10-23(31)26(33)29-18-22-13-11-21(17-28)12-14-22/h4-6,8-9,11-14,19,23,25H,3,7,10,15-16,18H2,1-2H3,(H,29,33)(H,30,32)/t19?,23-,25-/m0/s1. The summed E-state index contributed by atoms with van der Waals surface area (Å²) in [6, 6.07) is 17.3. The Labute approximate surface area is 201 Å². The molecule has 178 valence electrons. The zero-order chi connectivity index (χ0) is 24.5. The number of hydrogen-bond acceptors (Lipinski definition) is 4. The van der Waals surface area contributed by atoms with Crippen LogP contribution in [0.25, 0.3) is 0 Å². The third kappa shape index (κ3) is 6.44. The first-order valence-corrected chi connectivity index (χ1v) is 11.8. The molecule has 3 atom stereocenters. The highest BCUT2D eigenvalue weighted by Crippen LogP contribution is 2.22. The Morgan fingerprint density at radius 1 is 1.09 bits per heavy atom. The molecule has 1 saturated heterocycles. The van der Waals surface area contributed by atoms with Crippen molar-refractivity contribution < 1.29 is 14.4 Å². The van der Waals surface area contributed by atoms with Crippen LogP contribution in [0.2, 0.25) is 0 Å². The van der Waals surface area contributed by atoms with Crippen LogP contribution in [0.1, 0.15) is 49.8 Å². The van der Waals surface area contributed by atoms with Gasteiger partial charge in [0.1, 0.15) is 12.1 Å². The molecule has 1 aliphatic heterocycles. The van der Waals surface area contributed by atoms with Gasteiger partial charge in [0.25, 0.3) is 0 Å². The van der Waals surface area contributed by atoms with Crippen LogP contribution >= 0.6 is 0 Å². The summed E-state index contributed by atoms with van der Waals surface area (Å²) in [7, 11) is 0. The van der Waals surface area contributed by atoms with E-state index in [9.17, 15) is 14.4 Å². The molecule has 3 amide bonds. The van der Waals surface area contributed by atoms with E-state index in [4.69, 9.17) is 5.26 Å². The molecule has 0 bridgehead atoms. The predicted molar refractivity (Wildman–Crippen MR) is 129 cm³/mol. The number of nitrogens with one attached hydrogen (secondary N) is 2. The number of benzene rings is 2. The Kier molecular flexibility index (Phi) is 8.80. The second-order valence-corrected chi connectivity index (χ2v) is 8.81. The van der Waals surface area contributed by atoms with Crippen LogP contribution in [-0.4, -0.2) is 41.2 Å². The van der Waals surface area contributed by atoms with Crippen LogP contribution in [0.3, 0.4) is 0 Å². The normalized spacial score (nSPS) is 16.9. The van der Waals surface area contributed by atoms with Crippen LogP contribution in [-0.2, 0) is 27.3 Å². The zero-order valence-electron chi connectivity index (χ0n) is 19.8. The predicted octanol–water partition coefficient (Wildman–Crippen LogP) is 2.94. The monoisotopic (exact) mass is 460 g/mol. The van der Waals surface area contributed by atoms with Crippen molar-refractivity contribution in [2.45, 2.75) is 58.2 Å². The summed E-state index contributed by atoms with van der Waals surface area (Å²) in [4.78, 5) is 40.8. The average molecular weight is 461 g/mol. The Morgan fingerprint density at radius 3 is 2.44 bits per heavy atom. The first-order valence-electron chi connectivity index (χ1n) is 11.8. The highest BCUT2D eigenvalue weighted by molar-refractivity contribution is 5.93. The zero-order valence-corrected chi connectivity index (χ0v) is 19.8. The van der Waals surface area contributed by atoms with Crippen LogP contribution in [0.4, 0.5) is 0 Å². The number of nitrogens with zero attached hydrogens (tertiary/aromatic N) is 2. The van der Waals surface area contributed by atoms with Crippen LogP contribution in [0.15, 0.2) is 54.6 Å². The minimum atomic E-state index is -0.673. The minimum absolute atomic E-state index is 0.0600. The second-order valence-electron chi connectivity index (χ2n) is 8.81. The van der Waals surface area contributed by atoms with Crippen molar-refractivity contribution in [2.75, 3.05) is 6.54 Å². The van der Waals surface area contributed by atoms with E-state index in [1.807, 2.05) is 44.2 Å². The third-order valence-electron chi connectivity index (χ3n) is 6.39. The fourth-order valence-electron chi connectivity index (χ4n) is 4.17. The first kappa shape index (κ1) is 25.0. The Balaban J connectivity index is 1.64. The molecule has 7 nitrogen and oxygen atoms in total. The third-order valence-corrected chi connectivity index (χ3v) is 6.39. The van der Waals surface area contributed by atoms with E-state index in [-0.39, 0.29) is 30.1 Å². The highest BCUT2D eigenvalue weighted by Gasteiger charge is 2.39. The molecule has 2 N–H and O–H groups in total. The lowest BCUT2D eigenvalue weighted by Crippen LogP contribution is -2.55. The van der Waals surface area contributed by atoms with E-state index in [0.717, 1.165) is 24.0 Å². The lowest BCUT2D eigenvalue weighted by molar-refractivity contribution is -0.142. The number of nitriles is 1. The lowest BCUT2D eigenvalue weighted by Gasteiger charge is -2.31. The minimum Gasteiger partial charge on any atom is -0.350 e. The summed E-state index contributed by atoms with van der Waals surface area (Å²) in [5.41, 5.74) is 2.33. The molecule has 0 aromatic heterocycles. The number of rotatable bonds is 9. The van der Waals surface area contributed by atoms with E-state index in [0.29, 0.717) is 25.1 Å². The maximum atomic E-state index is 13.5. The van der Waals surface area contributed by atoms with Gasteiger partial charge in [-0.3, -0.25) is 14.4 Å². The number of carbonyl (C=O) groups excluding carboxylic acids is 3. The van der Waals surface area contributed by atoms with Crippen molar-refractivity contribution in [2.24, 2.45) is 5.92 Å². The molecule has 0 radical (unpaired) electrons. The second kappa shape index (κ2) is 12.0. The summed E-state index contributed by atoms with van der Waals surface area (Å²) < 4.78 is 0. The molecule has 0 saturated carbocycles. The molecular formula is C27H32N4O3. The Hall–Kier alpha value is -3.66. The van der Waals surface area contributed by atoms with Crippen molar-refractivity contribution in [3.05, 3.63) is 71.3 Å². The van der Waals surface area contributed by atoms with E-state index in [2.05, 4.69) is 16.7 Å². The van der Waals surface area contributed by atoms with Crippen LogP contribution in [0, 0.1) is 17.2 Å². The molecule has 1 heterocycles. The molecule has 2 aromatic carbocycles. The largest absolute Gasteiger partial charge is 0.350 e. The molecule has 0 spiro atoms. The lowest BCUT2D eigenvalue weighted by atomic mass is 9.97. The number of likely N-dealkylation sites (tertiary alicyclic amines) is 1. The maximum Gasteiger partial charge on any atom is 0.246 e. The quantitative estimate of drug-likeness (QED) is 0.601. The van der Waals surface area contributed by atoms with Gasteiger partial charge in [0.15, 0.2) is 0 Å². The first-order chi connectivity index (χ1) is 16.4. The van der Waals surface area contributed by atoms with Crippen LogP contribution in [0.5, 0.6) is 0 Å². The summed E-state index contributed by atoms with van der Waals surface area (Å²) in [5, 5.41) is 14.8. The number of carbonyl (C=O) groups is 3. The van der Waals surface area contributed by atoms with Gasteiger partial charge in [-0.15, -0.1) is 0 Å². The van der Waals surface area contributed by atoms with Crippen molar-refractivity contribution in [1.82, 2.24) is 15.5 Å². The summed E-state index contributed by atoms with van der Waals surface area (Å²) in [5.74, 6) is -0.665.